The number of benzene rings is 1. The van der Waals surface area contributed by atoms with E-state index in [9.17, 15) is 29.4 Å². The van der Waals surface area contributed by atoms with E-state index in [2.05, 4.69) is 5.32 Å². The average Bonchev–Trinajstić information content (AvgIpc) is 2.80. The number of hydrogen-bond acceptors (Lipinski definition) is 7. The normalized spacial score (nSPS) is 14.8. The highest BCUT2D eigenvalue weighted by atomic mass is 32.2. The number of carboxylic acids is 1. The molecule has 9 heteroatoms. The molecule has 0 unspecified atom stereocenters. The molecule has 0 spiro atoms. The summed E-state index contributed by atoms with van der Waals surface area (Å²) in [6.07, 6.45) is 2.55. The van der Waals surface area contributed by atoms with Crippen molar-refractivity contribution in [3.05, 3.63) is 35.9 Å². The Morgan fingerprint density at radius 1 is 1.03 bits per heavy atom. The van der Waals surface area contributed by atoms with Gasteiger partial charge in [0.2, 0.25) is 5.91 Å². The van der Waals surface area contributed by atoms with Crippen LogP contribution in [0.4, 0.5) is 0 Å². The number of aliphatic carboxylic acids is 1. The van der Waals surface area contributed by atoms with Crippen LogP contribution in [-0.4, -0.2) is 64.4 Å². The molecule has 0 radical (unpaired) electrons. The van der Waals surface area contributed by atoms with Crippen LogP contribution in [0.15, 0.2) is 30.3 Å². The first-order chi connectivity index (χ1) is 16.1. The Hall–Kier alpha value is -2.23. The number of ketones is 2. The number of carbonyl (C=O) groups is 4. The highest BCUT2D eigenvalue weighted by molar-refractivity contribution is 7.98. The molecule has 8 nitrogen and oxygen atoms in total. The molecule has 34 heavy (non-hydrogen) atoms. The number of carboxylic acid groups (broad SMARTS) is 1. The summed E-state index contributed by atoms with van der Waals surface area (Å²) in [7, 11) is 0. The van der Waals surface area contributed by atoms with Crippen molar-refractivity contribution in [2.45, 2.75) is 58.0 Å². The maximum absolute atomic E-state index is 13.2. The van der Waals surface area contributed by atoms with Crippen LogP contribution < -0.4 is 11.1 Å². The van der Waals surface area contributed by atoms with Gasteiger partial charge in [0, 0.05) is 18.8 Å². The van der Waals surface area contributed by atoms with E-state index < -0.39 is 48.2 Å². The van der Waals surface area contributed by atoms with Crippen molar-refractivity contribution in [2.24, 2.45) is 23.5 Å². The number of carbonyl (C=O) groups excluding carboxylic acids is 3. The number of nitrogens with one attached hydrogen (secondary N) is 1. The molecule has 190 valence electrons. The van der Waals surface area contributed by atoms with Crippen LogP contribution in [0.2, 0.25) is 0 Å². The molecule has 1 amide bonds. The van der Waals surface area contributed by atoms with Crippen LogP contribution in [0, 0.1) is 17.8 Å². The Labute approximate surface area is 206 Å². The molecule has 0 aliphatic heterocycles. The monoisotopic (exact) mass is 494 g/mol. The first kappa shape index (κ1) is 29.8. The summed E-state index contributed by atoms with van der Waals surface area (Å²) in [6.45, 7) is 3.28. The van der Waals surface area contributed by atoms with Crippen LogP contribution in [0.3, 0.4) is 0 Å². The van der Waals surface area contributed by atoms with E-state index in [1.165, 1.54) is 11.8 Å². The third kappa shape index (κ3) is 10.8. The van der Waals surface area contributed by atoms with Crippen LogP contribution >= 0.6 is 11.8 Å². The van der Waals surface area contributed by atoms with Crippen LogP contribution in [0.1, 0.15) is 45.1 Å². The summed E-state index contributed by atoms with van der Waals surface area (Å²) in [5, 5.41) is 21.5. The van der Waals surface area contributed by atoms with Crippen molar-refractivity contribution in [2.75, 3.05) is 18.6 Å². The fourth-order valence-corrected chi connectivity index (χ4v) is 4.19. The summed E-state index contributed by atoms with van der Waals surface area (Å²) >= 11 is 1.52. The molecule has 0 bridgehead atoms. The molecular formula is C25H38N2O6S. The van der Waals surface area contributed by atoms with E-state index in [1.807, 2.05) is 50.4 Å². The fourth-order valence-electron chi connectivity index (χ4n) is 3.72. The molecule has 0 aliphatic rings. The van der Waals surface area contributed by atoms with Gasteiger partial charge in [-0.25, -0.2) is 0 Å². The van der Waals surface area contributed by atoms with Gasteiger partial charge in [0.05, 0.1) is 24.6 Å². The molecule has 1 aromatic rings. The molecule has 0 fully saturated rings. The zero-order chi connectivity index (χ0) is 25.7. The van der Waals surface area contributed by atoms with Crippen molar-refractivity contribution >= 4 is 35.2 Å². The quantitative estimate of drug-likeness (QED) is 0.257. The number of aliphatic hydroxyl groups is 1. The highest BCUT2D eigenvalue weighted by Crippen LogP contribution is 2.20. The van der Waals surface area contributed by atoms with Crippen molar-refractivity contribution in [1.29, 1.82) is 0 Å². The molecule has 0 heterocycles. The zero-order valence-corrected chi connectivity index (χ0v) is 21.1. The molecule has 0 saturated carbocycles. The fraction of sp³-hybridized carbons (Fsp3) is 0.600. The third-order valence-electron chi connectivity index (χ3n) is 5.62. The minimum absolute atomic E-state index is 0.116. The van der Waals surface area contributed by atoms with Gasteiger partial charge in [0.1, 0.15) is 0 Å². The Morgan fingerprint density at radius 2 is 1.65 bits per heavy atom. The summed E-state index contributed by atoms with van der Waals surface area (Å²) in [5.41, 5.74) is 6.50. The Balaban J connectivity index is 3.04. The van der Waals surface area contributed by atoms with E-state index >= 15 is 0 Å². The second kappa shape index (κ2) is 15.6. The lowest BCUT2D eigenvalue weighted by atomic mass is 9.89. The molecule has 0 aromatic heterocycles. The summed E-state index contributed by atoms with van der Waals surface area (Å²) in [4.78, 5) is 50.3. The highest BCUT2D eigenvalue weighted by Gasteiger charge is 2.31. The maximum Gasteiger partial charge on any atom is 0.306 e. The lowest BCUT2D eigenvalue weighted by Gasteiger charge is -2.24. The third-order valence-corrected chi connectivity index (χ3v) is 6.27. The van der Waals surface area contributed by atoms with Gasteiger partial charge in [-0.3, -0.25) is 19.2 Å². The Kier molecular flexibility index (Phi) is 13.7. The van der Waals surface area contributed by atoms with E-state index in [1.54, 1.807) is 0 Å². The minimum atomic E-state index is -1.08. The predicted molar refractivity (Wildman–Crippen MR) is 133 cm³/mol. The van der Waals surface area contributed by atoms with E-state index in [4.69, 9.17) is 5.73 Å². The van der Waals surface area contributed by atoms with Crippen LogP contribution in [0.5, 0.6) is 0 Å². The molecule has 5 N–H and O–H groups in total. The number of hydrogen-bond donors (Lipinski definition) is 4. The largest absolute Gasteiger partial charge is 0.481 e. The minimum Gasteiger partial charge on any atom is -0.481 e. The van der Waals surface area contributed by atoms with Crippen molar-refractivity contribution in [1.82, 2.24) is 5.32 Å². The van der Waals surface area contributed by atoms with E-state index in [0.29, 0.717) is 18.6 Å². The standard InChI is InChI=1S/C25H38N2O6S/c1-16(2)11-19(25(32)33)14-23(30)21(9-10-34-3)27-24(31)18(13-22(29)20(26)15-28)12-17-7-5-4-6-8-17/h4-8,16,18-21,28H,9-15,26H2,1-3H3,(H,27,31)(H,32,33)/t18-,19-,20+,21+/m1/s1. The maximum atomic E-state index is 13.2. The predicted octanol–water partition coefficient (Wildman–Crippen LogP) is 2.07. The second-order valence-electron chi connectivity index (χ2n) is 9.02. The number of rotatable bonds is 17. The van der Waals surface area contributed by atoms with E-state index in [0.717, 1.165) is 5.56 Å². The molecule has 1 rings (SSSR count). The lowest BCUT2D eigenvalue weighted by molar-refractivity contribution is -0.144. The van der Waals surface area contributed by atoms with Gasteiger partial charge < -0.3 is 21.3 Å². The zero-order valence-electron chi connectivity index (χ0n) is 20.2. The summed E-state index contributed by atoms with van der Waals surface area (Å²) in [6, 6.07) is 7.28. The average molecular weight is 495 g/mol. The molecule has 0 saturated heterocycles. The number of Topliss-reactive ketones (excluding diaryl/α,β-unsaturated/α-hetero) is 2. The SMILES string of the molecule is CSCC[C@H](NC(=O)[C@@H](CC(=O)[C@@H](N)CO)Cc1ccccc1)C(=O)C[C@@H](CC(C)C)C(=O)O. The molecule has 4 atom stereocenters. The molecule has 0 aliphatic carbocycles. The summed E-state index contributed by atoms with van der Waals surface area (Å²) < 4.78 is 0. The van der Waals surface area contributed by atoms with Gasteiger partial charge in [-0.1, -0.05) is 44.2 Å². The summed E-state index contributed by atoms with van der Waals surface area (Å²) in [5.74, 6) is -3.12. The van der Waals surface area contributed by atoms with Crippen LogP contribution in [-0.2, 0) is 25.6 Å². The van der Waals surface area contributed by atoms with Gasteiger partial charge >= 0.3 is 5.97 Å². The van der Waals surface area contributed by atoms with Crippen LogP contribution in [0.25, 0.3) is 0 Å². The van der Waals surface area contributed by atoms with E-state index in [-0.39, 0.29) is 31.0 Å². The van der Waals surface area contributed by atoms with Gasteiger partial charge in [-0.2, -0.15) is 11.8 Å². The first-order valence-electron chi connectivity index (χ1n) is 11.6. The second-order valence-corrected chi connectivity index (χ2v) is 10.0. The number of amides is 1. The topological polar surface area (TPSA) is 147 Å². The number of aliphatic hydroxyl groups excluding tert-OH is 1. The first-order valence-corrected chi connectivity index (χ1v) is 13.0. The number of thioether (sulfide) groups is 1. The molecule has 1 aromatic carbocycles. The Bertz CT molecular complexity index is 802. The lowest BCUT2D eigenvalue weighted by Crippen LogP contribution is -2.46. The van der Waals surface area contributed by atoms with Gasteiger partial charge in [0.15, 0.2) is 11.6 Å². The van der Waals surface area contributed by atoms with Gasteiger partial charge in [-0.15, -0.1) is 0 Å². The van der Waals surface area contributed by atoms with Crippen molar-refractivity contribution < 1.29 is 29.4 Å². The van der Waals surface area contributed by atoms with Crippen molar-refractivity contribution in [3.63, 3.8) is 0 Å². The smallest absolute Gasteiger partial charge is 0.306 e. The molecular weight excluding hydrogens is 456 g/mol. The Morgan fingerprint density at radius 3 is 2.18 bits per heavy atom. The number of nitrogens with two attached hydrogens (primary N) is 1. The van der Waals surface area contributed by atoms with Gasteiger partial charge in [-0.05, 0) is 42.8 Å². The van der Waals surface area contributed by atoms with Gasteiger partial charge in [0.25, 0.3) is 0 Å². The van der Waals surface area contributed by atoms with Crippen molar-refractivity contribution in [3.8, 4) is 0 Å².